The van der Waals surface area contributed by atoms with E-state index in [0.29, 0.717) is 12.6 Å². The van der Waals surface area contributed by atoms with Crippen LogP contribution in [0.5, 0.6) is 5.75 Å². The second-order valence-electron chi connectivity index (χ2n) is 4.61. The first-order chi connectivity index (χ1) is 9.33. The number of benzene rings is 1. The highest BCUT2D eigenvalue weighted by Gasteiger charge is 2.14. The van der Waals surface area contributed by atoms with Crippen LogP contribution >= 0.6 is 0 Å². The fourth-order valence-corrected chi connectivity index (χ4v) is 2.17. The van der Waals surface area contributed by atoms with E-state index in [-0.39, 0.29) is 0 Å². The molecular formula is C16H27NO2. The highest BCUT2D eigenvalue weighted by atomic mass is 16.5. The zero-order chi connectivity index (χ0) is 13.9. The number of ether oxygens (including phenoxy) is 2. The molecular weight excluding hydrogens is 238 g/mol. The lowest BCUT2D eigenvalue weighted by Gasteiger charge is -2.21. The summed E-state index contributed by atoms with van der Waals surface area (Å²) in [6, 6.07) is 8.66. The first-order valence-corrected chi connectivity index (χ1v) is 7.27. The summed E-state index contributed by atoms with van der Waals surface area (Å²) in [5.74, 6) is 0.996. The summed E-state index contributed by atoms with van der Waals surface area (Å²) in [5, 5.41) is 3.61. The number of para-hydroxylation sites is 1. The molecule has 1 rings (SSSR count). The normalized spacial score (nSPS) is 12.4. The lowest BCUT2D eigenvalue weighted by atomic mass is 10.0. The lowest BCUT2D eigenvalue weighted by molar-refractivity contribution is 0.188. The molecule has 1 aromatic carbocycles. The minimum atomic E-state index is 0.345. The van der Waals surface area contributed by atoms with Gasteiger partial charge in [-0.1, -0.05) is 25.1 Å². The standard InChI is InChI=1S/C16H27NO2/c1-4-12-17-15(10-8-13-18-3)14-9-6-7-11-16(14)19-5-2/h6-7,9,11,15,17H,4-5,8,10,12-13H2,1-3H3. The number of nitrogens with one attached hydrogen (secondary N) is 1. The van der Waals surface area contributed by atoms with Crippen LogP contribution in [0.1, 0.15) is 44.7 Å². The van der Waals surface area contributed by atoms with Crippen molar-refractivity contribution in [3.63, 3.8) is 0 Å². The monoisotopic (exact) mass is 265 g/mol. The van der Waals surface area contributed by atoms with Crippen LogP contribution in [0, 0.1) is 0 Å². The third-order valence-electron chi connectivity index (χ3n) is 3.08. The molecule has 0 aromatic heterocycles. The van der Waals surface area contributed by atoms with Crippen LogP contribution in [0.2, 0.25) is 0 Å². The molecule has 0 saturated carbocycles. The molecule has 0 radical (unpaired) electrons. The zero-order valence-corrected chi connectivity index (χ0v) is 12.4. The zero-order valence-electron chi connectivity index (χ0n) is 12.4. The molecule has 1 aromatic rings. The molecule has 0 heterocycles. The predicted molar refractivity (Wildman–Crippen MR) is 79.8 cm³/mol. The minimum absolute atomic E-state index is 0.345. The van der Waals surface area contributed by atoms with E-state index in [1.165, 1.54) is 5.56 Å². The van der Waals surface area contributed by atoms with Crippen LogP contribution in [0.15, 0.2) is 24.3 Å². The third kappa shape index (κ3) is 5.62. The van der Waals surface area contributed by atoms with Crippen molar-refractivity contribution in [3.8, 4) is 5.75 Å². The van der Waals surface area contributed by atoms with Crippen molar-refractivity contribution in [1.29, 1.82) is 0 Å². The summed E-state index contributed by atoms with van der Waals surface area (Å²) in [7, 11) is 1.75. The first kappa shape index (κ1) is 16.0. The van der Waals surface area contributed by atoms with Crippen LogP contribution in [-0.2, 0) is 4.74 Å². The minimum Gasteiger partial charge on any atom is -0.494 e. The van der Waals surface area contributed by atoms with Crippen LogP contribution in [-0.4, -0.2) is 26.9 Å². The highest BCUT2D eigenvalue weighted by molar-refractivity contribution is 5.36. The Hall–Kier alpha value is -1.06. The summed E-state index contributed by atoms with van der Waals surface area (Å²) in [5.41, 5.74) is 1.26. The average Bonchev–Trinajstić information content (AvgIpc) is 2.44. The van der Waals surface area contributed by atoms with Crippen molar-refractivity contribution in [2.75, 3.05) is 26.9 Å². The van der Waals surface area contributed by atoms with Gasteiger partial charge >= 0.3 is 0 Å². The molecule has 0 spiro atoms. The maximum atomic E-state index is 5.73. The molecule has 0 aliphatic carbocycles. The number of hydrogen-bond donors (Lipinski definition) is 1. The Morgan fingerprint density at radius 3 is 2.68 bits per heavy atom. The highest BCUT2D eigenvalue weighted by Crippen LogP contribution is 2.28. The summed E-state index contributed by atoms with van der Waals surface area (Å²) >= 11 is 0. The van der Waals surface area contributed by atoms with Crippen molar-refractivity contribution < 1.29 is 9.47 Å². The smallest absolute Gasteiger partial charge is 0.124 e. The Labute approximate surface area is 117 Å². The molecule has 1 atom stereocenters. The molecule has 3 nitrogen and oxygen atoms in total. The molecule has 0 bridgehead atoms. The molecule has 19 heavy (non-hydrogen) atoms. The molecule has 108 valence electrons. The molecule has 0 saturated heterocycles. The van der Waals surface area contributed by atoms with Crippen molar-refractivity contribution in [2.45, 2.75) is 39.2 Å². The average molecular weight is 265 g/mol. The van der Waals surface area contributed by atoms with E-state index in [1.54, 1.807) is 7.11 Å². The Morgan fingerprint density at radius 2 is 2.00 bits per heavy atom. The van der Waals surface area contributed by atoms with Gasteiger partial charge < -0.3 is 14.8 Å². The molecule has 1 unspecified atom stereocenters. The Bertz CT molecular complexity index is 341. The van der Waals surface area contributed by atoms with Gasteiger partial charge in [0.05, 0.1) is 6.61 Å². The van der Waals surface area contributed by atoms with E-state index >= 15 is 0 Å². The fourth-order valence-electron chi connectivity index (χ4n) is 2.17. The first-order valence-electron chi connectivity index (χ1n) is 7.27. The van der Waals surface area contributed by atoms with Crippen molar-refractivity contribution in [2.24, 2.45) is 0 Å². The van der Waals surface area contributed by atoms with Gasteiger partial charge in [0.1, 0.15) is 5.75 Å². The van der Waals surface area contributed by atoms with Gasteiger partial charge in [0.2, 0.25) is 0 Å². The second-order valence-corrected chi connectivity index (χ2v) is 4.61. The van der Waals surface area contributed by atoms with E-state index in [0.717, 1.165) is 38.2 Å². The van der Waals surface area contributed by atoms with Gasteiger partial charge in [0.25, 0.3) is 0 Å². The van der Waals surface area contributed by atoms with Gasteiger partial charge in [0, 0.05) is 25.3 Å². The van der Waals surface area contributed by atoms with Gasteiger partial charge in [-0.3, -0.25) is 0 Å². The van der Waals surface area contributed by atoms with E-state index in [9.17, 15) is 0 Å². The van der Waals surface area contributed by atoms with E-state index < -0.39 is 0 Å². The molecule has 0 aliphatic rings. The van der Waals surface area contributed by atoms with Crippen LogP contribution in [0.3, 0.4) is 0 Å². The van der Waals surface area contributed by atoms with Gasteiger partial charge in [-0.05, 0) is 38.8 Å². The number of rotatable bonds is 10. The molecule has 0 amide bonds. The molecule has 0 fully saturated rings. The largest absolute Gasteiger partial charge is 0.494 e. The van der Waals surface area contributed by atoms with Gasteiger partial charge in [-0.25, -0.2) is 0 Å². The lowest BCUT2D eigenvalue weighted by Crippen LogP contribution is -2.23. The van der Waals surface area contributed by atoms with Crippen LogP contribution in [0.25, 0.3) is 0 Å². The summed E-state index contributed by atoms with van der Waals surface area (Å²) in [4.78, 5) is 0. The van der Waals surface area contributed by atoms with Crippen molar-refractivity contribution in [3.05, 3.63) is 29.8 Å². The van der Waals surface area contributed by atoms with Crippen LogP contribution in [0.4, 0.5) is 0 Å². The molecule has 0 aliphatic heterocycles. The topological polar surface area (TPSA) is 30.5 Å². The summed E-state index contributed by atoms with van der Waals surface area (Å²) in [6.07, 6.45) is 3.26. The van der Waals surface area contributed by atoms with Gasteiger partial charge in [0.15, 0.2) is 0 Å². The second kappa shape index (κ2) is 9.82. The Kier molecular flexibility index (Phi) is 8.26. The fraction of sp³-hybridized carbons (Fsp3) is 0.625. The van der Waals surface area contributed by atoms with E-state index in [4.69, 9.17) is 9.47 Å². The van der Waals surface area contributed by atoms with Gasteiger partial charge in [-0.2, -0.15) is 0 Å². The predicted octanol–water partition coefficient (Wildman–Crippen LogP) is 3.55. The van der Waals surface area contributed by atoms with E-state index in [1.807, 2.05) is 13.0 Å². The maximum absolute atomic E-state index is 5.73. The van der Waals surface area contributed by atoms with E-state index in [2.05, 4.69) is 30.4 Å². The summed E-state index contributed by atoms with van der Waals surface area (Å²) < 4.78 is 10.9. The van der Waals surface area contributed by atoms with Crippen molar-refractivity contribution >= 4 is 0 Å². The van der Waals surface area contributed by atoms with Crippen molar-refractivity contribution in [1.82, 2.24) is 5.32 Å². The van der Waals surface area contributed by atoms with Crippen LogP contribution < -0.4 is 10.1 Å². The third-order valence-corrected chi connectivity index (χ3v) is 3.08. The van der Waals surface area contributed by atoms with Gasteiger partial charge in [-0.15, -0.1) is 0 Å². The number of hydrogen-bond acceptors (Lipinski definition) is 3. The molecule has 3 heteroatoms. The maximum Gasteiger partial charge on any atom is 0.124 e. The molecule has 1 N–H and O–H groups in total. The Morgan fingerprint density at radius 1 is 1.21 bits per heavy atom. The quantitative estimate of drug-likeness (QED) is 0.656. The summed E-state index contributed by atoms with van der Waals surface area (Å²) in [6.45, 7) is 6.75. The Balaban J connectivity index is 2.76. The number of methoxy groups -OCH3 is 1. The SMILES string of the molecule is CCCNC(CCCOC)c1ccccc1OCC.